The zero-order chi connectivity index (χ0) is 17.8. The predicted molar refractivity (Wildman–Crippen MR) is 104 cm³/mol. The molecule has 1 heterocycles. The first-order chi connectivity index (χ1) is 12.0. The van der Waals surface area contributed by atoms with E-state index in [9.17, 15) is 9.59 Å². The van der Waals surface area contributed by atoms with Crippen LogP contribution >= 0.6 is 31.9 Å². The maximum atomic E-state index is 12.5. The maximum Gasteiger partial charge on any atom is 0.261 e. The molecule has 0 aliphatic heterocycles. The van der Waals surface area contributed by atoms with Crippen LogP contribution in [0.5, 0.6) is 0 Å². The van der Waals surface area contributed by atoms with E-state index in [0.717, 1.165) is 14.5 Å². The Balaban J connectivity index is 1.63. The molecule has 1 aromatic heterocycles. The van der Waals surface area contributed by atoms with Crippen molar-refractivity contribution < 1.29 is 4.79 Å². The highest BCUT2D eigenvalue weighted by Gasteiger charge is 2.07. The van der Waals surface area contributed by atoms with E-state index in [1.807, 2.05) is 30.3 Å². The van der Waals surface area contributed by atoms with Crippen molar-refractivity contribution in [3.8, 4) is 0 Å². The zero-order valence-electron chi connectivity index (χ0n) is 13.2. The van der Waals surface area contributed by atoms with Crippen LogP contribution in [0.15, 0.2) is 62.5 Å². The molecule has 0 radical (unpaired) electrons. The van der Waals surface area contributed by atoms with E-state index in [1.165, 1.54) is 10.9 Å². The minimum atomic E-state index is -0.147. The van der Waals surface area contributed by atoms with Gasteiger partial charge in [-0.25, -0.2) is 4.98 Å². The average molecular weight is 465 g/mol. The van der Waals surface area contributed by atoms with Crippen molar-refractivity contribution in [3.63, 3.8) is 0 Å². The molecule has 0 aliphatic rings. The van der Waals surface area contributed by atoms with E-state index in [1.54, 1.807) is 12.1 Å². The molecule has 0 saturated carbocycles. The van der Waals surface area contributed by atoms with Crippen molar-refractivity contribution in [1.82, 2.24) is 14.9 Å². The summed E-state index contributed by atoms with van der Waals surface area (Å²) in [6.45, 7) is 0.745. The Kier molecular flexibility index (Phi) is 5.65. The van der Waals surface area contributed by atoms with Crippen LogP contribution in [0.2, 0.25) is 0 Å². The van der Waals surface area contributed by atoms with Crippen LogP contribution in [0.4, 0.5) is 0 Å². The number of nitrogens with one attached hydrogen (secondary N) is 1. The standard InChI is InChI=1S/C18H15Br2N3O2/c19-13-3-1-2-12(8-13)10-21-17(24)6-7-23-11-22-16-5-4-14(20)9-15(16)18(23)25/h1-5,8-9,11H,6-7,10H2,(H,21,24). The summed E-state index contributed by atoms with van der Waals surface area (Å²) in [6.07, 6.45) is 1.70. The zero-order valence-corrected chi connectivity index (χ0v) is 16.4. The number of aryl methyl sites for hydroxylation is 1. The van der Waals surface area contributed by atoms with Crippen molar-refractivity contribution in [2.45, 2.75) is 19.5 Å². The second kappa shape index (κ2) is 7.93. The summed E-state index contributed by atoms with van der Waals surface area (Å²) >= 11 is 6.76. The van der Waals surface area contributed by atoms with Crippen LogP contribution in [0.25, 0.3) is 10.9 Å². The molecule has 2 aromatic carbocycles. The van der Waals surface area contributed by atoms with E-state index in [-0.39, 0.29) is 17.9 Å². The predicted octanol–water partition coefficient (Wildman–Crippen LogP) is 3.63. The Morgan fingerprint density at radius 1 is 1.12 bits per heavy atom. The first kappa shape index (κ1) is 17.8. The van der Waals surface area contributed by atoms with Gasteiger partial charge >= 0.3 is 0 Å². The highest BCUT2D eigenvalue weighted by atomic mass is 79.9. The summed E-state index contributed by atoms with van der Waals surface area (Å²) < 4.78 is 3.26. The fraction of sp³-hybridized carbons (Fsp3) is 0.167. The summed E-state index contributed by atoms with van der Waals surface area (Å²) in [7, 11) is 0. The lowest BCUT2D eigenvalue weighted by Crippen LogP contribution is -2.27. The van der Waals surface area contributed by atoms with E-state index in [0.29, 0.717) is 24.0 Å². The van der Waals surface area contributed by atoms with Crippen LogP contribution in [-0.2, 0) is 17.9 Å². The average Bonchev–Trinajstić information content (AvgIpc) is 2.60. The van der Waals surface area contributed by atoms with Crippen LogP contribution in [0.3, 0.4) is 0 Å². The molecule has 25 heavy (non-hydrogen) atoms. The SMILES string of the molecule is O=C(CCn1cnc2ccc(Br)cc2c1=O)NCc1cccc(Br)c1. The Bertz CT molecular complexity index is 985. The van der Waals surface area contributed by atoms with E-state index in [4.69, 9.17) is 0 Å². The number of carbonyl (C=O) groups excluding carboxylic acids is 1. The van der Waals surface area contributed by atoms with Gasteiger partial charge in [0.15, 0.2) is 0 Å². The molecule has 7 heteroatoms. The first-order valence-electron chi connectivity index (χ1n) is 7.69. The summed E-state index contributed by atoms with van der Waals surface area (Å²) in [5.74, 6) is -0.110. The van der Waals surface area contributed by atoms with Gasteiger partial charge in [-0.2, -0.15) is 0 Å². The van der Waals surface area contributed by atoms with Gasteiger partial charge in [-0.05, 0) is 35.9 Å². The molecule has 3 rings (SSSR count). The molecule has 1 N–H and O–H groups in total. The van der Waals surface area contributed by atoms with Gasteiger partial charge in [0.1, 0.15) is 0 Å². The number of nitrogens with zero attached hydrogens (tertiary/aromatic N) is 2. The lowest BCUT2D eigenvalue weighted by atomic mass is 10.2. The smallest absolute Gasteiger partial charge is 0.261 e. The van der Waals surface area contributed by atoms with Gasteiger partial charge in [-0.1, -0.05) is 44.0 Å². The lowest BCUT2D eigenvalue weighted by Gasteiger charge is -2.08. The van der Waals surface area contributed by atoms with Crippen molar-refractivity contribution in [2.75, 3.05) is 0 Å². The molecule has 0 saturated heterocycles. The molecule has 0 aliphatic carbocycles. The summed E-state index contributed by atoms with van der Waals surface area (Å²) in [6, 6.07) is 13.1. The topological polar surface area (TPSA) is 64.0 Å². The van der Waals surface area contributed by atoms with Crippen molar-refractivity contribution in [3.05, 3.63) is 73.7 Å². The Morgan fingerprint density at radius 2 is 1.92 bits per heavy atom. The highest BCUT2D eigenvalue weighted by Crippen LogP contribution is 2.15. The Morgan fingerprint density at radius 3 is 2.72 bits per heavy atom. The van der Waals surface area contributed by atoms with E-state index < -0.39 is 0 Å². The van der Waals surface area contributed by atoms with Gasteiger partial charge in [0.05, 0.1) is 17.2 Å². The molecule has 1 amide bonds. The van der Waals surface area contributed by atoms with Crippen LogP contribution in [-0.4, -0.2) is 15.5 Å². The lowest BCUT2D eigenvalue weighted by molar-refractivity contribution is -0.121. The third kappa shape index (κ3) is 4.55. The Labute approximate surface area is 161 Å². The molecule has 0 bridgehead atoms. The van der Waals surface area contributed by atoms with Crippen LogP contribution in [0, 0.1) is 0 Å². The number of rotatable bonds is 5. The minimum Gasteiger partial charge on any atom is -0.352 e. The highest BCUT2D eigenvalue weighted by molar-refractivity contribution is 9.10. The number of hydrogen-bond donors (Lipinski definition) is 1. The molecular weight excluding hydrogens is 450 g/mol. The summed E-state index contributed by atoms with van der Waals surface area (Å²) in [5, 5.41) is 3.39. The third-order valence-corrected chi connectivity index (χ3v) is 4.73. The number of fused-ring (bicyclic) bond motifs is 1. The monoisotopic (exact) mass is 463 g/mol. The Hall–Kier alpha value is -1.99. The molecule has 3 aromatic rings. The fourth-order valence-electron chi connectivity index (χ4n) is 2.45. The van der Waals surface area contributed by atoms with Gasteiger partial charge in [-0.15, -0.1) is 0 Å². The second-order valence-electron chi connectivity index (χ2n) is 5.56. The number of carbonyl (C=O) groups is 1. The number of amides is 1. The summed E-state index contributed by atoms with van der Waals surface area (Å²) in [4.78, 5) is 28.8. The van der Waals surface area contributed by atoms with Gasteiger partial charge < -0.3 is 5.32 Å². The van der Waals surface area contributed by atoms with Gasteiger partial charge in [0, 0.05) is 28.5 Å². The second-order valence-corrected chi connectivity index (χ2v) is 7.39. The molecule has 5 nitrogen and oxygen atoms in total. The van der Waals surface area contributed by atoms with Crippen LogP contribution in [0.1, 0.15) is 12.0 Å². The van der Waals surface area contributed by atoms with Crippen molar-refractivity contribution in [1.29, 1.82) is 0 Å². The quantitative estimate of drug-likeness (QED) is 0.627. The first-order valence-corrected chi connectivity index (χ1v) is 9.27. The minimum absolute atomic E-state index is 0.110. The molecule has 0 atom stereocenters. The normalized spacial score (nSPS) is 10.8. The molecule has 0 unspecified atom stereocenters. The number of hydrogen-bond acceptors (Lipinski definition) is 3. The number of aromatic nitrogens is 2. The molecule has 128 valence electrons. The van der Waals surface area contributed by atoms with Crippen LogP contribution < -0.4 is 10.9 Å². The largest absolute Gasteiger partial charge is 0.352 e. The number of halogens is 2. The van der Waals surface area contributed by atoms with Crippen molar-refractivity contribution >= 4 is 48.7 Å². The van der Waals surface area contributed by atoms with Gasteiger partial charge in [0.2, 0.25) is 5.91 Å². The maximum absolute atomic E-state index is 12.5. The fourth-order valence-corrected chi connectivity index (χ4v) is 3.26. The molecule has 0 fully saturated rings. The summed E-state index contributed by atoms with van der Waals surface area (Å²) in [5.41, 5.74) is 1.51. The third-order valence-electron chi connectivity index (χ3n) is 3.74. The van der Waals surface area contributed by atoms with E-state index >= 15 is 0 Å². The van der Waals surface area contributed by atoms with Gasteiger partial charge in [0.25, 0.3) is 5.56 Å². The number of benzene rings is 2. The molecule has 0 spiro atoms. The van der Waals surface area contributed by atoms with Gasteiger partial charge in [-0.3, -0.25) is 14.2 Å². The van der Waals surface area contributed by atoms with Crippen molar-refractivity contribution in [2.24, 2.45) is 0 Å². The molecular formula is C18H15Br2N3O2. The van der Waals surface area contributed by atoms with E-state index in [2.05, 4.69) is 42.2 Å².